The second kappa shape index (κ2) is 5.80. The highest BCUT2D eigenvalue weighted by Crippen LogP contribution is 2.17. The molecule has 0 radical (unpaired) electrons. The van der Waals surface area contributed by atoms with Crippen LogP contribution in [0.25, 0.3) is 5.65 Å². The number of carbonyl (C=O) groups excluding carboxylic acids is 1. The molecule has 3 rings (SSSR count). The monoisotopic (exact) mass is 301 g/mol. The van der Waals surface area contributed by atoms with Gasteiger partial charge in [0.05, 0.1) is 12.7 Å². The lowest BCUT2D eigenvalue weighted by molar-refractivity contribution is 0.0600. The molecule has 22 heavy (non-hydrogen) atoms. The summed E-state index contributed by atoms with van der Waals surface area (Å²) < 4.78 is 25.2. The standard InChI is InChI=1S/C15H12FN3O3/c1-21-15(20)10-6-7-19-13(8-10)17-18-14(19)9-22-12-5-3-2-4-11(12)16/h2-8H,9H2,1H3. The van der Waals surface area contributed by atoms with E-state index in [1.807, 2.05) is 0 Å². The number of pyridine rings is 1. The van der Waals surface area contributed by atoms with Crippen LogP contribution in [0.1, 0.15) is 16.2 Å². The molecule has 0 saturated heterocycles. The molecule has 6 nitrogen and oxygen atoms in total. The maximum absolute atomic E-state index is 13.5. The summed E-state index contributed by atoms with van der Waals surface area (Å²) in [5, 5.41) is 7.94. The molecule has 0 amide bonds. The topological polar surface area (TPSA) is 65.7 Å². The molecular weight excluding hydrogens is 289 g/mol. The van der Waals surface area contributed by atoms with E-state index in [9.17, 15) is 9.18 Å². The second-order valence-corrected chi connectivity index (χ2v) is 4.47. The number of halogens is 1. The maximum atomic E-state index is 13.5. The van der Waals surface area contributed by atoms with Gasteiger partial charge in [0.15, 0.2) is 23.0 Å². The third-order valence-corrected chi connectivity index (χ3v) is 3.10. The largest absolute Gasteiger partial charge is 0.483 e. The lowest BCUT2D eigenvalue weighted by Crippen LogP contribution is -2.04. The van der Waals surface area contributed by atoms with Crippen LogP contribution in [0.4, 0.5) is 4.39 Å². The molecule has 0 aliphatic rings. The number of methoxy groups -OCH3 is 1. The summed E-state index contributed by atoms with van der Waals surface area (Å²) in [6.45, 7) is 0.0552. The summed E-state index contributed by atoms with van der Waals surface area (Å²) >= 11 is 0. The highest BCUT2D eigenvalue weighted by molar-refractivity contribution is 5.90. The van der Waals surface area contributed by atoms with Gasteiger partial charge in [-0.05, 0) is 24.3 Å². The van der Waals surface area contributed by atoms with E-state index in [1.54, 1.807) is 34.9 Å². The Bertz CT molecular complexity index is 832. The third kappa shape index (κ3) is 2.60. The summed E-state index contributed by atoms with van der Waals surface area (Å²) in [6, 6.07) is 9.28. The second-order valence-electron chi connectivity index (χ2n) is 4.47. The van der Waals surface area contributed by atoms with Crippen LogP contribution < -0.4 is 4.74 Å². The zero-order valence-corrected chi connectivity index (χ0v) is 11.7. The summed E-state index contributed by atoms with van der Waals surface area (Å²) in [7, 11) is 1.31. The van der Waals surface area contributed by atoms with E-state index in [1.165, 1.54) is 19.2 Å². The van der Waals surface area contributed by atoms with Gasteiger partial charge >= 0.3 is 5.97 Å². The van der Waals surface area contributed by atoms with E-state index >= 15 is 0 Å². The number of ether oxygens (including phenoxy) is 2. The molecule has 0 atom stereocenters. The molecule has 0 N–H and O–H groups in total. The number of aromatic nitrogens is 3. The molecule has 0 unspecified atom stereocenters. The smallest absolute Gasteiger partial charge is 0.338 e. The Morgan fingerprint density at radius 2 is 2.09 bits per heavy atom. The number of carbonyl (C=O) groups is 1. The number of esters is 1. The molecule has 0 aliphatic carbocycles. The normalized spacial score (nSPS) is 10.6. The van der Waals surface area contributed by atoms with Gasteiger partial charge < -0.3 is 9.47 Å². The summed E-state index contributed by atoms with van der Waals surface area (Å²) in [5.41, 5.74) is 0.860. The number of para-hydroxylation sites is 1. The van der Waals surface area contributed by atoms with Crippen molar-refractivity contribution in [2.45, 2.75) is 6.61 Å². The molecule has 0 bridgehead atoms. The number of hydrogen-bond acceptors (Lipinski definition) is 5. The number of fused-ring (bicyclic) bond motifs is 1. The van der Waals surface area contributed by atoms with Crippen LogP contribution in [0.15, 0.2) is 42.6 Å². The van der Waals surface area contributed by atoms with E-state index in [-0.39, 0.29) is 12.4 Å². The molecule has 1 aromatic carbocycles. The van der Waals surface area contributed by atoms with Gasteiger partial charge in [-0.25, -0.2) is 9.18 Å². The van der Waals surface area contributed by atoms with Crippen molar-refractivity contribution >= 4 is 11.6 Å². The van der Waals surface area contributed by atoms with Gasteiger partial charge in [0.1, 0.15) is 6.61 Å². The zero-order valence-electron chi connectivity index (χ0n) is 11.7. The van der Waals surface area contributed by atoms with Gasteiger partial charge in [-0.1, -0.05) is 12.1 Å². The molecule has 0 saturated carbocycles. The molecule has 2 aromatic heterocycles. The van der Waals surface area contributed by atoms with E-state index in [0.29, 0.717) is 17.0 Å². The van der Waals surface area contributed by atoms with Crippen LogP contribution in [0.2, 0.25) is 0 Å². The minimum Gasteiger partial charge on any atom is -0.483 e. The summed E-state index contributed by atoms with van der Waals surface area (Å²) in [5.74, 6) is -0.251. The number of hydrogen-bond donors (Lipinski definition) is 0. The Balaban J connectivity index is 1.83. The highest BCUT2D eigenvalue weighted by Gasteiger charge is 2.11. The molecule has 2 heterocycles. The van der Waals surface area contributed by atoms with Crippen molar-refractivity contribution in [3.63, 3.8) is 0 Å². The molecule has 0 spiro atoms. The Kier molecular flexibility index (Phi) is 3.69. The van der Waals surface area contributed by atoms with Gasteiger partial charge in [-0.2, -0.15) is 0 Å². The van der Waals surface area contributed by atoms with Crippen LogP contribution in [0.3, 0.4) is 0 Å². The summed E-state index contributed by atoms with van der Waals surface area (Å²) in [4.78, 5) is 11.5. The number of benzene rings is 1. The lowest BCUT2D eigenvalue weighted by Gasteiger charge is -2.06. The van der Waals surface area contributed by atoms with Crippen LogP contribution in [0, 0.1) is 5.82 Å². The van der Waals surface area contributed by atoms with Crippen molar-refractivity contribution in [1.82, 2.24) is 14.6 Å². The Hall–Kier alpha value is -2.96. The first kappa shape index (κ1) is 14.0. The zero-order chi connectivity index (χ0) is 15.5. The van der Waals surface area contributed by atoms with Crippen molar-refractivity contribution in [2.75, 3.05) is 7.11 Å². The minimum absolute atomic E-state index is 0.0552. The minimum atomic E-state index is -0.449. The first-order chi connectivity index (χ1) is 10.7. The van der Waals surface area contributed by atoms with Gasteiger partial charge in [0.2, 0.25) is 0 Å². The molecule has 3 aromatic rings. The van der Waals surface area contributed by atoms with Crippen molar-refractivity contribution in [2.24, 2.45) is 0 Å². The molecule has 0 aliphatic heterocycles. The molecule has 0 fully saturated rings. The van der Waals surface area contributed by atoms with Crippen LogP contribution in [-0.2, 0) is 11.3 Å². The van der Waals surface area contributed by atoms with Crippen LogP contribution in [0.5, 0.6) is 5.75 Å². The molecule has 7 heteroatoms. The van der Waals surface area contributed by atoms with Crippen molar-refractivity contribution in [3.05, 3.63) is 59.8 Å². The van der Waals surface area contributed by atoms with Gasteiger partial charge in [-0.3, -0.25) is 4.40 Å². The fourth-order valence-electron chi connectivity index (χ4n) is 1.99. The van der Waals surface area contributed by atoms with E-state index in [2.05, 4.69) is 14.9 Å². The van der Waals surface area contributed by atoms with Crippen molar-refractivity contribution in [3.8, 4) is 5.75 Å². The molecule has 112 valence electrons. The summed E-state index contributed by atoms with van der Waals surface area (Å²) in [6.07, 6.45) is 1.64. The Labute approximate surface area is 125 Å². The third-order valence-electron chi connectivity index (χ3n) is 3.10. The van der Waals surface area contributed by atoms with Crippen molar-refractivity contribution < 1.29 is 18.7 Å². The lowest BCUT2D eigenvalue weighted by atomic mass is 10.2. The average Bonchev–Trinajstić information content (AvgIpc) is 2.95. The average molecular weight is 301 g/mol. The van der Waals surface area contributed by atoms with Crippen LogP contribution >= 0.6 is 0 Å². The Morgan fingerprint density at radius 3 is 2.86 bits per heavy atom. The first-order valence-electron chi connectivity index (χ1n) is 6.48. The van der Waals surface area contributed by atoms with Gasteiger partial charge in [0.25, 0.3) is 0 Å². The van der Waals surface area contributed by atoms with E-state index < -0.39 is 11.8 Å². The predicted molar refractivity (Wildman–Crippen MR) is 75.1 cm³/mol. The highest BCUT2D eigenvalue weighted by atomic mass is 19.1. The fourth-order valence-corrected chi connectivity index (χ4v) is 1.99. The maximum Gasteiger partial charge on any atom is 0.338 e. The van der Waals surface area contributed by atoms with Gasteiger partial charge in [0, 0.05) is 6.20 Å². The fraction of sp³-hybridized carbons (Fsp3) is 0.133. The Morgan fingerprint density at radius 1 is 1.27 bits per heavy atom. The number of nitrogens with zero attached hydrogens (tertiary/aromatic N) is 3. The van der Waals surface area contributed by atoms with E-state index in [0.717, 1.165) is 0 Å². The van der Waals surface area contributed by atoms with Crippen LogP contribution in [-0.4, -0.2) is 27.7 Å². The van der Waals surface area contributed by atoms with E-state index in [4.69, 9.17) is 4.74 Å². The SMILES string of the molecule is COC(=O)c1ccn2c(COc3ccccc3F)nnc2c1. The quantitative estimate of drug-likeness (QED) is 0.691. The van der Waals surface area contributed by atoms with Gasteiger partial charge in [-0.15, -0.1) is 10.2 Å². The first-order valence-corrected chi connectivity index (χ1v) is 6.48. The number of rotatable bonds is 4. The predicted octanol–water partition coefficient (Wildman–Crippen LogP) is 2.23. The molecular formula is C15H12FN3O3. The van der Waals surface area contributed by atoms with Crippen molar-refractivity contribution in [1.29, 1.82) is 0 Å².